The number of ether oxygens (including phenoxy) is 1. The topological polar surface area (TPSA) is 59.1 Å². The third-order valence-corrected chi connectivity index (χ3v) is 3.83. The second-order valence-electron chi connectivity index (χ2n) is 4.84. The summed E-state index contributed by atoms with van der Waals surface area (Å²) in [4.78, 5) is 8.61. The molecular weight excluding hydrogens is 347 g/mol. The van der Waals surface area contributed by atoms with Crippen LogP contribution in [0.2, 0.25) is 10.0 Å². The Morgan fingerprint density at radius 3 is 2.54 bits per heavy atom. The number of methoxy groups -OCH3 is 1. The van der Waals surface area contributed by atoms with Crippen molar-refractivity contribution in [2.75, 3.05) is 17.7 Å². The normalized spacial score (nSPS) is 10.3. The maximum atomic E-state index is 6.13. The summed E-state index contributed by atoms with van der Waals surface area (Å²) in [7, 11) is 1.57. The van der Waals surface area contributed by atoms with Gasteiger partial charge in [-0.3, -0.25) is 0 Å². The molecule has 0 fully saturated rings. The number of para-hydroxylation sites is 1. The van der Waals surface area contributed by atoms with E-state index in [0.717, 1.165) is 11.4 Å². The van der Waals surface area contributed by atoms with Crippen LogP contribution in [0.15, 0.2) is 54.7 Å². The third kappa shape index (κ3) is 3.88. The fraction of sp³-hybridized carbons (Fsp3) is 0.0588. The van der Waals surface area contributed by atoms with Gasteiger partial charge in [0.15, 0.2) is 0 Å². The molecule has 0 radical (unpaired) electrons. The van der Waals surface area contributed by atoms with Gasteiger partial charge in [-0.1, -0.05) is 35.3 Å². The van der Waals surface area contributed by atoms with E-state index in [4.69, 9.17) is 27.9 Å². The Bertz CT molecular complexity index is 857. The lowest BCUT2D eigenvalue weighted by atomic mass is 10.3. The van der Waals surface area contributed by atoms with Gasteiger partial charge in [-0.15, -0.1) is 0 Å². The minimum absolute atomic E-state index is 0.438. The predicted octanol–water partition coefficient (Wildman–Crippen LogP) is 5.28. The van der Waals surface area contributed by atoms with Crippen molar-refractivity contribution in [3.05, 3.63) is 64.8 Å². The average molecular weight is 361 g/mol. The molecule has 0 saturated heterocycles. The van der Waals surface area contributed by atoms with Crippen LogP contribution in [0.4, 0.5) is 23.1 Å². The molecule has 0 bridgehead atoms. The number of hydrogen-bond donors (Lipinski definition) is 2. The Balaban J connectivity index is 1.78. The SMILES string of the molecule is COc1ccc(Nc2ccnc(Nc3ccccc3Cl)n2)cc1Cl. The van der Waals surface area contributed by atoms with Gasteiger partial charge < -0.3 is 15.4 Å². The van der Waals surface area contributed by atoms with Crippen molar-refractivity contribution in [2.24, 2.45) is 0 Å². The highest BCUT2D eigenvalue weighted by atomic mass is 35.5. The van der Waals surface area contributed by atoms with Crippen molar-refractivity contribution in [1.82, 2.24) is 9.97 Å². The molecule has 0 aliphatic rings. The first-order chi connectivity index (χ1) is 11.7. The highest BCUT2D eigenvalue weighted by molar-refractivity contribution is 6.33. The number of nitrogens with zero attached hydrogens (tertiary/aromatic N) is 2. The molecule has 5 nitrogen and oxygen atoms in total. The smallest absolute Gasteiger partial charge is 0.229 e. The van der Waals surface area contributed by atoms with Crippen LogP contribution < -0.4 is 15.4 Å². The lowest BCUT2D eigenvalue weighted by Crippen LogP contribution is -2.00. The standard InChI is InChI=1S/C17H14Cl2N4O/c1-24-15-7-6-11(10-13(15)19)21-16-8-9-20-17(23-16)22-14-5-3-2-4-12(14)18/h2-10H,1H3,(H2,20,21,22,23). The van der Waals surface area contributed by atoms with Crippen LogP contribution in [0.3, 0.4) is 0 Å². The Labute approximate surface area is 149 Å². The fourth-order valence-electron chi connectivity index (χ4n) is 2.06. The zero-order valence-corrected chi connectivity index (χ0v) is 14.3. The molecule has 0 unspecified atom stereocenters. The molecule has 122 valence electrons. The fourth-order valence-corrected chi connectivity index (χ4v) is 2.50. The van der Waals surface area contributed by atoms with Crippen molar-refractivity contribution in [3.8, 4) is 5.75 Å². The summed E-state index contributed by atoms with van der Waals surface area (Å²) >= 11 is 12.3. The predicted molar refractivity (Wildman–Crippen MR) is 98.1 cm³/mol. The molecule has 0 atom stereocenters. The van der Waals surface area contributed by atoms with Crippen molar-refractivity contribution >= 4 is 46.3 Å². The lowest BCUT2D eigenvalue weighted by molar-refractivity contribution is 0.415. The second kappa shape index (κ2) is 7.38. The highest BCUT2D eigenvalue weighted by Gasteiger charge is 2.05. The van der Waals surface area contributed by atoms with Gasteiger partial charge in [0.1, 0.15) is 11.6 Å². The molecule has 24 heavy (non-hydrogen) atoms. The lowest BCUT2D eigenvalue weighted by Gasteiger charge is -2.10. The van der Waals surface area contributed by atoms with Crippen molar-refractivity contribution in [3.63, 3.8) is 0 Å². The maximum absolute atomic E-state index is 6.13. The summed E-state index contributed by atoms with van der Waals surface area (Å²) in [5.41, 5.74) is 1.53. The molecule has 0 saturated carbocycles. The molecule has 0 aliphatic heterocycles. The average Bonchev–Trinajstić information content (AvgIpc) is 2.58. The van der Waals surface area contributed by atoms with Crippen molar-refractivity contribution < 1.29 is 4.74 Å². The molecule has 1 aromatic heterocycles. The molecule has 3 aromatic rings. The van der Waals surface area contributed by atoms with Crippen LogP contribution in [0.1, 0.15) is 0 Å². The van der Waals surface area contributed by atoms with E-state index in [2.05, 4.69) is 20.6 Å². The first-order valence-electron chi connectivity index (χ1n) is 7.11. The minimum Gasteiger partial charge on any atom is -0.495 e. The molecule has 2 N–H and O–H groups in total. The zero-order chi connectivity index (χ0) is 16.9. The summed E-state index contributed by atoms with van der Waals surface area (Å²) in [6.45, 7) is 0. The summed E-state index contributed by atoms with van der Waals surface area (Å²) in [6, 6.07) is 14.6. The Morgan fingerprint density at radius 1 is 0.958 bits per heavy atom. The summed E-state index contributed by atoms with van der Waals surface area (Å²) in [5.74, 6) is 1.68. The number of anilines is 4. The largest absolute Gasteiger partial charge is 0.495 e. The van der Waals surface area contributed by atoms with Crippen molar-refractivity contribution in [2.45, 2.75) is 0 Å². The van der Waals surface area contributed by atoms with Crippen LogP contribution in [0.25, 0.3) is 0 Å². The first kappa shape index (κ1) is 16.4. The van der Waals surface area contributed by atoms with Gasteiger partial charge in [0.25, 0.3) is 0 Å². The van der Waals surface area contributed by atoms with Gasteiger partial charge in [-0.2, -0.15) is 4.98 Å². The molecule has 0 spiro atoms. The third-order valence-electron chi connectivity index (χ3n) is 3.20. The minimum atomic E-state index is 0.438. The Kier molecular flexibility index (Phi) is 5.03. The van der Waals surface area contributed by atoms with Crippen molar-refractivity contribution in [1.29, 1.82) is 0 Å². The Hall–Kier alpha value is -2.50. The van der Waals surface area contributed by atoms with E-state index in [0.29, 0.717) is 27.6 Å². The van der Waals surface area contributed by atoms with Crippen LogP contribution >= 0.6 is 23.2 Å². The second-order valence-corrected chi connectivity index (χ2v) is 5.66. The number of aromatic nitrogens is 2. The summed E-state index contributed by atoms with van der Waals surface area (Å²) in [6.07, 6.45) is 1.65. The molecular formula is C17H14Cl2N4O. The highest BCUT2D eigenvalue weighted by Crippen LogP contribution is 2.29. The van der Waals surface area contributed by atoms with E-state index in [1.165, 1.54) is 0 Å². The first-order valence-corrected chi connectivity index (χ1v) is 7.86. The van der Waals surface area contributed by atoms with Gasteiger partial charge in [-0.25, -0.2) is 4.98 Å². The van der Waals surface area contributed by atoms with Gasteiger partial charge >= 0.3 is 0 Å². The summed E-state index contributed by atoms with van der Waals surface area (Å²) < 4.78 is 5.14. The quantitative estimate of drug-likeness (QED) is 0.648. The van der Waals surface area contributed by atoms with Crippen LogP contribution in [-0.4, -0.2) is 17.1 Å². The van der Waals surface area contributed by atoms with E-state index < -0.39 is 0 Å². The van der Waals surface area contributed by atoms with E-state index in [1.807, 2.05) is 24.3 Å². The van der Waals surface area contributed by atoms with Gasteiger partial charge in [0.2, 0.25) is 5.95 Å². The Morgan fingerprint density at radius 2 is 1.79 bits per heavy atom. The molecule has 0 amide bonds. The molecule has 2 aromatic carbocycles. The zero-order valence-electron chi connectivity index (χ0n) is 12.8. The van der Waals surface area contributed by atoms with Gasteiger partial charge in [-0.05, 0) is 36.4 Å². The van der Waals surface area contributed by atoms with E-state index in [1.54, 1.807) is 37.6 Å². The van der Waals surface area contributed by atoms with E-state index >= 15 is 0 Å². The number of nitrogens with one attached hydrogen (secondary N) is 2. The van der Waals surface area contributed by atoms with Crippen LogP contribution in [0, 0.1) is 0 Å². The maximum Gasteiger partial charge on any atom is 0.229 e. The number of rotatable bonds is 5. The van der Waals surface area contributed by atoms with E-state index in [-0.39, 0.29) is 0 Å². The molecule has 3 rings (SSSR count). The van der Waals surface area contributed by atoms with Crippen LogP contribution in [-0.2, 0) is 0 Å². The summed E-state index contributed by atoms with van der Waals surface area (Å²) in [5, 5.41) is 7.38. The van der Waals surface area contributed by atoms with Crippen LogP contribution in [0.5, 0.6) is 5.75 Å². The number of halogens is 2. The molecule has 7 heteroatoms. The number of benzene rings is 2. The number of hydrogen-bond acceptors (Lipinski definition) is 5. The monoisotopic (exact) mass is 360 g/mol. The molecule has 1 heterocycles. The van der Waals surface area contributed by atoms with E-state index in [9.17, 15) is 0 Å². The van der Waals surface area contributed by atoms with Gasteiger partial charge in [0.05, 0.1) is 22.8 Å². The van der Waals surface area contributed by atoms with Gasteiger partial charge in [0, 0.05) is 11.9 Å². The molecule has 0 aliphatic carbocycles.